The molecule has 4 aromatic rings. The average Bonchev–Trinajstić information content (AvgIpc) is 3.23. The molecule has 0 atom stereocenters. The van der Waals surface area contributed by atoms with Gasteiger partial charge in [-0.3, -0.25) is 15.1 Å². The van der Waals surface area contributed by atoms with Crippen molar-refractivity contribution in [2.24, 2.45) is 0 Å². The summed E-state index contributed by atoms with van der Waals surface area (Å²) in [6, 6.07) is 9.31. The minimum absolute atomic E-state index is 0.225. The molecule has 1 amide bonds. The highest BCUT2D eigenvalue weighted by molar-refractivity contribution is 7.13. The fourth-order valence-electron chi connectivity index (χ4n) is 2.53. The number of carbonyl (C=O) groups excluding carboxylic acids is 1. The van der Waals surface area contributed by atoms with Gasteiger partial charge in [-0.1, -0.05) is 6.07 Å². The van der Waals surface area contributed by atoms with E-state index in [-0.39, 0.29) is 5.91 Å². The maximum atomic E-state index is 12.5. The summed E-state index contributed by atoms with van der Waals surface area (Å²) >= 11 is 1.38. The summed E-state index contributed by atoms with van der Waals surface area (Å²) in [5.74, 6) is 0.474. The topological polar surface area (TPSA) is 83.6 Å². The van der Waals surface area contributed by atoms with Crippen LogP contribution in [0.2, 0.25) is 0 Å². The van der Waals surface area contributed by atoms with Crippen molar-refractivity contribution in [1.29, 1.82) is 0 Å². The first-order chi connectivity index (χ1) is 11.7. The van der Waals surface area contributed by atoms with Crippen molar-refractivity contribution in [2.75, 3.05) is 5.32 Å². The van der Waals surface area contributed by atoms with E-state index in [1.807, 2.05) is 36.6 Å². The first kappa shape index (κ1) is 14.5. The first-order valence-corrected chi connectivity index (χ1v) is 8.22. The number of aromatic amines is 1. The van der Waals surface area contributed by atoms with Crippen LogP contribution in [0.25, 0.3) is 22.4 Å². The zero-order valence-corrected chi connectivity index (χ0v) is 13.6. The normalized spacial score (nSPS) is 10.9. The van der Waals surface area contributed by atoms with Crippen LogP contribution in [0.4, 0.5) is 5.13 Å². The predicted molar refractivity (Wildman–Crippen MR) is 94.1 cm³/mol. The highest BCUT2D eigenvalue weighted by Gasteiger charge is 2.16. The van der Waals surface area contributed by atoms with Crippen molar-refractivity contribution in [1.82, 2.24) is 19.9 Å². The Kier molecular flexibility index (Phi) is 3.55. The number of rotatable bonds is 3. The molecule has 0 radical (unpaired) electrons. The van der Waals surface area contributed by atoms with Gasteiger partial charge in [0.25, 0.3) is 5.91 Å². The molecule has 0 aliphatic heterocycles. The summed E-state index contributed by atoms with van der Waals surface area (Å²) in [5, 5.41) is 5.17. The third-order valence-corrected chi connectivity index (χ3v) is 4.36. The third kappa shape index (κ3) is 2.55. The number of H-pyrrole nitrogens is 1. The van der Waals surface area contributed by atoms with E-state index < -0.39 is 0 Å². The number of thiazole rings is 1. The van der Waals surface area contributed by atoms with Crippen molar-refractivity contribution in [3.05, 3.63) is 59.4 Å². The summed E-state index contributed by atoms with van der Waals surface area (Å²) in [4.78, 5) is 28.8. The van der Waals surface area contributed by atoms with Gasteiger partial charge in [-0.25, -0.2) is 9.97 Å². The van der Waals surface area contributed by atoms with Gasteiger partial charge in [0.05, 0.1) is 11.1 Å². The number of carbonyl (C=O) groups is 1. The van der Waals surface area contributed by atoms with E-state index in [0.29, 0.717) is 22.0 Å². The van der Waals surface area contributed by atoms with Gasteiger partial charge < -0.3 is 4.98 Å². The molecule has 0 saturated heterocycles. The second-order valence-corrected chi connectivity index (χ2v) is 6.11. The van der Waals surface area contributed by atoms with Crippen LogP contribution >= 0.6 is 11.3 Å². The van der Waals surface area contributed by atoms with Gasteiger partial charge in [0.1, 0.15) is 11.3 Å². The van der Waals surface area contributed by atoms with Gasteiger partial charge in [0, 0.05) is 29.0 Å². The maximum Gasteiger partial charge on any atom is 0.259 e. The lowest BCUT2D eigenvalue weighted by Crippen LogP contribution is -2.12. The van der Waals surface area contributed by atoms with E-state index in [1.165, 1.54) is 11.3 Å². The van der Waals surface area contributed by atoms with Crippen LogP contribution in [0.15, 0.2) is 48.1 Å². The molecule has 0 bridgehead atoms. The molecule has 0 fully saturated rings. The molecule has 2 N–H and O–H groups in total. The largest absolute Gasteiger partial charge is 0.338 e. The quantitative estimate of drug-likeness (QED) is 0.599. The fraction of sp³-hybridized carbons (Fsp3) is 0.0588. The minimum atomic E-state index is -0.225. The number of anilines is 1. The molecule has 0 aliphatic rings. The van der Waals surface area contributed by atoms with E-state index in [0.717, 1.165) is 16.8 Å². The Hall–Kier alpha value is -3.06. The average molecular weight is 335 g/mol. The second-order valence-electron chi connectivity index (χ2n) is 5.21. The number of hydrogen-bond acceptors (Lipinski definition) is 5. The number of para-hydroxylation sites is 1. The van der Waals surface area contributed by atoms with Crippen LogP contribution in [-0.4, -0.2) is 25.8 Å². The van der Waals surface area contributed by atoms with Gasteiger partial charge in [0.15, 0.2) is 5.13 Å². The van der Waals surface area contributed by atoms with Crippen molar-refractivity contribution in [3.63, 3.8) is 0 Å². The molecule has 3 aromatic heterocycles. The molecular formula is C17H13N5OS. The smallest absolute Gasteiger partial charge is 0.259 e. The molecule has 6 nitrogen and oxygen atoms in total. The van der Waals surface area contributed by atoms with Gasteiger partial charge in [-0.2, -0.15) is 0 Å². The number of pyridine rings is 1. The van der Waals surface area contributed by atoms with E-state index in [9.17, 15) is 4.79 Å². The van der Waals surface area contributed by atoms with E-state index >= 15 is 0 Å². The van der Waals surface area contributed by atoms with Crippen LogP contribution in [-0.2, 0) is 0 Å². The number of nitrogens with zero attached hydrogens (tertiary/aromatic N) is 3. The highest BCUT2D eigenvalue weighted by atomic mass is 32.1. The minimum Gasteiger partial charge on any atom is -0.338 e. The SMILES string of the molecule is Cc1ncccc1-c1nc2c(C(=O)Nc3nccs3)cccc2[nH]1. The zero-order valence-electron chi connectivity index (χ0n) is 12.8. The predicted octanol–water partition coefficient (Wildman–Crippen LogP) is 3.64. The molecule has 24 heavy (non-hydrogen) atoms. The van der Waals surface area contributed by atoms with Crippen LogP contribution in [0.1, 0.15) is 16.1 Å². The van der Waals surface area contributed by atoms with Crippen molar-refractivity contribution >= 4 is 33.4 Å². The van der Waals surface area contributed by atoms with E-state index in [2.05, 4.69) is 25.3 Å². The van der Waals surface area contributed by atoms with Crippen molar-refractivity contribution in [2.45, 2.75) is 6.92 Å². The van der Waals surface area contributed by atoms with Crippen LogP contribution < -0.4 is 5.32 Å². The Morgan fingerprint density at radius 3 is 2.88 bits per heavy atom. The molecule has 3 heterocycles. The van der Waals surface area contributed by atoms with Crippen LogP contribution in [0, 0.1) is 6.92 Å². The van der Waals surface area contributed by atoms with Crippen molar-refractivity contribution in [3.8, 4) is 11.4 Å². The Morgan fingerprint density at radius 2 is 2.08 bits per heavy atom. The summed E-state index contributed by atoms with van der Waals surface area (Å²) < 4.78 is 0. The Labute approximate surface area is 141 Å². The lowest BCUT2D eigenvalue weighted by atomic mass is 10.2. The molecule has 0 saturated carbocycles. The summed E-state index contributed by atoms with van der Waals surface area (Å²) in [7, 11) is 0. The van der Waals surface area contributed by atoms with Gasteiger partial charge in [-0.05, 0) is 31.2 Å². The number of fused-ring (bicyclic) bond motifs is 1. The number of nitrogens with one attached hydrogen (secondary N) is 2. The molecule has 1 aromatic carbocycles. The Balaban J connectivity index is 1.78. The van der Waals surface area contributed by atoms with Gasteiger partial charge >= 0.3 is 0 Å². The van der Waals surface area contributed by atoms with Crippen LogP contribution in [0.3, 0.4) is 0 Å². The summed E-state index contributed by atoms with van der Waals surface area (Å²) in [5.41, 5.74) is 3.74. The second kappa shape index (κ2) is 5.86. The number of aromatic nitrogens is 4. The molecule has 0 aliphatic carbocycles. The lowest BCUT2D eigenvalue weighted by molar-refractivity contribution is 0.102. The maximum absolute atomic E-state index is 12.5. The molecule has 118 valence electrons. The zero-order chi connectivity index (χ0) is 16.5. The number of amides is 1. The number of benzene rings is 1. The number of aryl methyl sites for hydroxylation is 1. The first-order valence-electron chi connectivity index (χ1n) is 7.34. The lowest BCUT2D eigenvalue weighted by Gasteiger charge is -2.02. The fourth-order valence-corrected chi connectivity index (χ4v) is 3.05. The van der Waals surface area contributed by atoms with Gasteiger partial charge in [-0.15, -0.1) is 11.3 Å². The Morgan fingerprint density at radius 1 is 1.17 bits per heavy atom. The van der Waals surface area contributed by atoms with Crippen LogP contribution in [0.5, 0.6) is 0 Å². The highest BCUT2D eigenvalue weighted by Crippen LogP contribution is 2.25. The number of imidazole rings is 1. The molecule has 0 spiro atoms. The molecule has 0 unspecified atom stereocenters. The Bertz CT molecular complexity index is 1020. The monoisotopic (exact) mass is 335 g/mol. The van der Waals surface area contributed by atoms with Gasteiger partial charge in [0.2, 0.25) is 0 Å². The molecule has 7 heteroatoms. The van der Waals surface area contributed by atoms with E-state index in [4.69, 9.17) is 0 Å². The number of hydrogen-bond donors (Lipinski definition) is 2. The molecule has 4 rings (SSSR count). The summed E-state index contributed by atoms with van der Waals surface area (Å²) in [6.45, 7) is 1.93. The van der Waals surface area contributed by atoms with Crippen molar-refractivity contribution < 1.29 is 4.79 Å². The third-order valence-electron chi connectivity index (χ3n) is 3.67. The molecular weight excluding hydrogens is 322 g/mol. The summed E-state index contributed by atoms with van der Waals surface area (Å²) in [6.07, 6.45) is 3.40. The van der Waals surface area contributed by atoms with E-state index in [1.54, 1.807) is 18.5 Å². The standard InChI is InChI=1S/C17H13N5OS/c1-10-11(5-3-7-18-10)15-20-13-6-2-4-12(14(13)21-15)16(23)22-17-19-8-9-24-17/h2-9H,1H3,(H,20,21)(H,19,22,23).